The van der Waals surface area contributed by atoms with Crippen LogP contribution in [0.3, 0.4) is 0 Å². The molecular weight excluding hydrogens is 324 g/mol. The van der Waals surface area contributed by atoms with Gasteiger partial charge in [-0.3, -0.25) is 9.59 Å². The Morgan fingerprint density at radius 2 is 2.08 bits per heavy atom. The molecule has 1 aromatic rings. The van der Waals surface area contributed by atoms with Crippen LogP contribution < -0.4 is 15.2 Å². The van der Waals surface area contributed by atoms with Crippen LogP contribution in [0, 0.1) is 5.92 Å². The zero-order chi connectivity index (χ0) is 17.8. The highest BCUT2D eigenvalue weighted by Crippen LogP contribution is 2.33. The van der Waals surface area contributed by atoms with Gasteiger partial charge in [0, 0.05) is 30.7 Å². The summed E-state index contributed by atoms with van der Waals surface area (Å²) in [5.74, 6) is 0.631. The topological polar surface area (TPSA) is 91.1 Å². The van der Waals surface area contributed by atoms with Gasteiger partial charge in [0.2, 0.25) is 0 Å². The van der Waals surface area contributed by atoms with E-state index >= 15 is 0 Å². The maximum Gasteiger partial charge on any atom is 0.255 e. The van der Waals surface area contributed by atoms with Crippen molar-refractivity contribution in [1.82, 2.24) is 4.90 Å². The minimum Gasteiger partial charge on any atom is -0.493 e. The minimum atomic E-state index is -0.569. The monoisotopic (exact) mass is 348 g/mol. The molecule has 0 bridgehead atoms. The van der Waals surface area contributed by atoms with Gasteiger partial charge in [0.05, 0.1) is 13.7 Å². The van der Waals surface area contributed by atoms with E-state index in [0.29, 0.717) is 29.0 Å². The van der Waals surface area contributed by atoms with Crippen molar-refractivity contribution in [3.63, 3.8) is 0 Å². The highest BCUT2D eigenvalue weighted by molar-refractivity contribution is 5.95. The standard InChI is InChI=1S/C18H24N2O5/c1-23-16-8-13(2-5-15(16)25-11-17(19)21)18(22)20(14-3-4-14)9-12-6-7-24-10-12/h2,5,8,12,14H,3-4,6-7,9-11H2,1H3,(H2,19,21). The van der Waals surface area contributed by atoms with E-state index in [4.69, 9.17) is 19.9 Å². The fourth-order valence-corrected chi connectivity index (χ4v) is 3.02. The number of nitrogens with two attached hydrogens (primary N) is 1. The Hall–Kier alpha value is -2.28. The van der Waals surface area contributed by atoms with Gasteiger partial charge in [-0.15, -0.1) is 0 Å². The summed E-state index contributed by atoms with van der Waals surface area (Å²) < 4.78 is 16.0. The molecule has 0 spiro atoms. The number of nitrogens with zero attached hydrogens (tertiary/aromatic N) is 1. The van der Waals surface area contributed by atoms with E-state index in [2.05, 4.69) is 0 Å². The zero-order valence-corrected chi connectivity index (χ0v) is 14.4. The quantitative estimate of drug-likeness (QED) is 0.762. The van der Waals surface area contributed by atoms with E-state index in [1.807, 2.05) is 4.90 Å². The van der Waals surface area contributed by atoms with Crippen LogP contribution >= 0.6 is 0 Å². The maximum atomic E-state index is 13.0. The van der Waals surface area contributed by atoms with Crippen molar-refractivity contribution in [1.29, 1.82) is 0 Å². The number of carbonyl (C=O) groups excluding carboxylic acids is 2. The van der Waals surface area contributed by atoms with Gasteiger partial charge in [0.25, 0.3) is 11.8 Å². The normalized spacial score (nSPS) is 19.5. The van der Waals surface area contributed by atoms with Crippen LogP contribution in [-0.2, 0) is 9.53 Å². The number of primary amides is 1. The minimum absolute atomic E-state index is 0.00542. The van der Waals surface area contributed by atoms with Crippen LogP contribution in [0.5, 0.6) is 11.5 Å². The number of methoxy groups -OCH3 is 1. The Labute approximate surface area is 147 Å². The summed E-state index contributed by atoms with van der Waals surface area (Å²) >= 11 is 0. The van der Waals surface area contributed by atoms with Crippen molar-refractivity contribution in [3.8, 4) is 11.5 Å². The van der Waals surface area contributed by atoms with E-state index in [0.717, 1.165) is 39.0 Å². The van der Waals surface area contributed by atoms with Crippen molar-refractivity contribution in [2.24, 2.45) is 11.7 Å². The molecule has 7 nitrogen and oxygen atoms in total. The van der Waals surface area contributed by atoms with Gasteiger partial charge >= 0.3 is 0 Å². The predicted molar refractivity (Wildman–Crippen MR) is 90.7 cm³/mol. The first-order valence-electron chi connectivity index (χ1n) is 8.56. The van der Waals surface area contributed by atoms with Crippen molar-refractivity contribution in [3.05, 3.63) is 23.8 Å². The molecule has 2 amide bonds. The van der Waals surface area contributed by atoms with Crippen LogP contribution in [0.15, 0.2) is 18.2 Å². The van der Waals surface area contributed by atoms with Crippen molar-refractivity contribution in [2.75, 3.05) is 33.5 Å². The fourth-order valence-electron chi connectivity index (χ4n) is 3.02. The van der Waals surface area contributed by atoms with Gasteiger partial charge < -0.3 is 24.8 Å². The Bertz CT molecular complexity index is 638. The van der Waals surface area contributed by atoms with Gasteiger partial charge in [-0.2, -0.15) is 0 Å². The Balaban J connectivity index is 1.74. The smallest absolute Gasteiger partial charge is 0.255 e. The van der Waals surface area contributed by atoms with Gasteiger partial charge in [-0.05, 0) is 37.5 Å². The van der Waals surface area contributed by atoms with E-state index in [9.17, 15) is 9.59 Å². The molecule has 3 rings (SSSR count). The third-order valence-electron chi connectivity index (χ3n) is 4.51. The molecule has 2 aliphatic rings. The van der Waals surface area contributed by atoms with E-state index < -0.39 is 5.91 Å². The van der Waals surface area contributed by atoms with Crippen LogP contribution in [-0.4, -0.2) is 56.2 Å². The molecule has 1 aliphatic carbocycles. The summed E-state index contributed by atoms with van der Waals surface area (Å²) in [6.45, 7) is 1.99. The van der Waals surface area contributed by atoms with E-state index in [1.165, 1.54) is 7.11 Å². The number of amides is 2. The number of hydrogen-bond donors (Lipinski definition) is 1. The summed E-state index contributed by atoms with van der Waals surface area (Å²) in [7, 11) is 1.50. The van der Waals surface area contributed by atoms with Crippen LogP contribution in [0.4, 0.5) is 0 Å². The molecule has 1 unspecified atom stereocenters. The third kappa shape index (κ3) is 4.42. The molecule has 1 aliphatic heterocycles. The molecule has 0 aromatic heterocycles. The van der Waals surface area contributed by atoms with Crippen LogP contribution in [0.2, 0.25) is 0 Å². The number of rotatable bonds is 8. The maximum absolute atomic E-state index is 13.0. The van der Waals surface area contributed by atoms with Crippen LogP contribution in [0.25, 0.3) is 0 Å². The number of carbonyl (C=O) groups is 2. The number of hydrogen-bond acceptors (Lipinski definition) is 5. The molecule has 1 atom stereocenters. The molecule has 1 saturated heterocycles. The SMILES string of the molecule is COc1cc(C(=O)N(CC2CCOC2)C2CC2)ccc1OCC(N)=O. The molecule has 0 radical (unpaired) electrons. The van der Waals surface area contributed by atoms with Crippen molar-refractivity contribution >= 4 is 11.8 Å². The molecule has 7 heteroatoms. The summed E-state index contributed by atoms with van der Waals surface area (Å²) in [4.78, 5) is 25.8. The lowest BCUT2D eigenvalue weighted by molar-refractivity contribution is -0.119. The van der Waals surface area contributed by atoms with Crippen molar-refractivity contribution < 1.29 is 23.8 Å². The van der Waals surface area contributed by atoms with Gasteiger partial charge in [-0.25, -0.2) is 0 Å². The lowest BCUT2D eigenvalue weighted by atomic mass is 10.1. The molecule has 136 valence electrons. The highest BCUT2D eigenvalue weighted by atomic mass is 16.5. The average molecular weight is 348 g/mol. The molecule has 1 aromatic carbocycles. The highest BCUT2D eigenvalue weighted by Gasteiger charge is 2.35. The lowest BCUT2D eigenvalue weighted by Gasteiger charge is -2.25. The lowest BCUT2D eigenvalue weighted by Crippen LogP contribution is -2.37. The second-order valence-corrected chi connectivity index (χ2v) is 6.54. The summed E-state index contributed by atoms with van der Waals surface area (Å²) in [6, 6.07) is 5.31. The third-order valence-corrected chi connectivity index (χ3v) is 4.51. The first-order chi connectivity index (χ1) is 12.1. The second-order valence-electron chi connectivity index (χ2n) is 6.54. The Morgan fingerprint density at radius 3 is 2.68 bits per heavy atom. The number of benzene rings is 1. The molecular formula is C18H24N2O5. The first-order valence-corrected chi connectivity index (χ1v) is 8.56. The molecule has 2 N–H and O–H groups in total. The molecule has 1 saturated carbocycles. The van der Waals surface area contributed by atoms with Gasteiger partial charge in [0.15, 0.2) is 18.1 Å². The summed E-state index contributed by atoms with van der Waals surface area (Å²) in [5, 5.41) is 0. The molecule has 25 heavy (non-hydrogen) atoms. The van der Waals surface area contributed by atoms with Gasteiger partial charge in [0.1, 0.15) is 0 Å². The average Bonchev–Trinajstić information content (AvgIpc) is 3.32. The number of ether oxygens (including phenoxy) is 3. The summed E-state index contributed by atoms with van der Waals surface area (Å²) in [5.41, 5.74) is 5.64. The Kier molecular flexibility index (Phi) is 5.43. The molecule has 1 heterocycles. The Morgan fingerprint density at radius 1 is 1.28 bits per heavy atom. The zero-order valence-electron chi connectivity index (χ0n) is 14.4. The molecule has 2 fully saturated rings. The largest absolute Gasteiger partial charge is 0.493 e. The van der Waals surface area contributed by atoms with Crippen LogP contribution in [0.1, 0.15) is 29.6 Å². The van der Waals surface area contributed by atoms with E-state index in [-0.39, 0.29) is 12.5 Å². The van der Waals surface area contributed by atoms with Crippen molar-refractivity contribution in [2.45, 2.75) is 25.3 Å². The fraction of sp³-hybridized carbons (Fsp3) is 0.556. The second kappa shape index (κ2) is 7.74. The van der Waals surface area contributed by atoms with Gasteiger partial charge in [-0.1, -0.05) is 0 Å². The summed E-state index contributed by atoms with van der Waals surface area (Å²) in [6.07, 6.45) is 3.10. The predicted octanol–water partition coefficient (Wildman–Crippen LogP) is 1.20. The van der Waals surface area contributed by atoms with E-state index in [1.54, 1.807) is 18.2 Å². The first kappa shape index (κ1) is 17.5.